The molecule has 108 heavy (non-hydrogen) atoms. The lowest BCUT2D eigenvalue weighted by Gasteiger charge is -2.39. The van der Waals surface area contributed by atoms with Gasteiger partial charge in [0.05, 0.1) is 59.7 Å². The summed E-state index contributed by atoms with van der Waals surface area (Å²) in [5.41, 5.74) is 2.21. The fourth-order valence-corrected chi connectivity index (χ4v) is 23.7. The number of thiophene rings is 4. The molecule has 16 heteroatoms. The monoisotopic (exact) mass is 1590 g/mol. The highest BCUT2D eigenvalue weighted by Crippen LogP contribution is 2.62. The maximum atomic E-state index is 18.6. The van der Waals surface area contributed by atoms with Crippen molar-refractivity contribution >= 4 is 90.9 Å². The molecule has 598 valence electrons. The Morgan fingerprint density at radius 1 is 0.306 bits per heavy atom. The summed E-state index contributed by atoms with van der Waals surface area (Å²) in [6.07, 6.45) is 36.3. The van der Waals surface area contributed by atoms with Gasteiger partial charge in [-0.15, -0.1) is 45.3 Å². The van der Waals surface area contributed by atoms with Crippen molar-refractivity contribution in [2.75, 3.05) is 0 Å². The molecule has 0 bridgehead atoms. The summed E-state index contributed by atoms with van der Waals surface area (Å²) in [4.78, 5) is 6.58. The number of aryl methyl sites for hydroxylation is 2. The first-order valence-electron chi connectivity index (χ1n) is 42.7. The predicted molar refractivity (Wildman–Crippen MR) is 461 cm³/mol. The molecule has 6 nitrogen and oxygen atoms in total. The molecule has 2 aliphatic rings. The molecule has 10 rings (SSSR count). The third-order valence-electron chi connectivity index (χ3n) is 24.8. The molecule has 0 saturated carbocycles. The van der Waals surface area contributed by atoms with E-state index < -0.39 is 34.5 Å². The second-order valence-corrected chi connectivity index (χ2v) is 42.2. The first-order valence-corrected chi connectivity index (χ1v) is 47.4. The number of benzene rings is 2. The molecule has 2 aliphatic heterocycles. The zero-order chi connectivity index (χ0) is 77.7. The Labute approximate surface area is 674 Å². The quantitative estimate of drug-likeness (QED) is 0.0354. The number of ether oxygens (including phenoxy) is 2. The SMILES string of the molecule is Cc1cc2c(s1)-c1sc(-c3c(F)c(F)c(-c4cc5c(s4)-c4sc(-c6c(F)c(F)c(C)c7nsnc67)cc4OC5(CCC(C)CCCC(C)CCCC(C)C)CCC(C)CCCC(C)CCCC(C)C)c4nsnc34)cc1C(CCC(C)CCCC(C)CCCC(C)C)(CCC(C)CCCC(C)CCCC(C)C)O2. The Hall–Kier alpha value is -3.80. The van der Waals surface area contributed by atoms with Crippen molar-refractivity contribution in [3.8, 4) is 62.3 Å². The molecule has 0 fully saturated rings. The topological polar surface area (TPSA) is 70.0 Å². The summed E-state index contributed by atoms with van der Waals surface area (Å²) in [5.74, 6) is 5.14. The van der Waals surface area contributed by atoms with Crippen LogP contribution in [0.4, 0.5) is 17.6 Å². The van der Waals surface area contributed by atoms with E-state index in [0.29, 0.717) is 103 Å². The molecule has 0 spiro atoms. The summed E-state index contributed by atoms with van der Waals surface area (Å²) in [5, 5.41) is 0. The van der Waals surface area contributed by atoms with E-state index in [2.05, 4.69) is 145 Å². The maximum absolute atomic E-state index is 18.6. The van der Waals surface area contributed by atoms with Gasteiger partial charge in [-0.25, -0.2) is 17.6 Å². The molecular weight excluding hydrogens is 1460 g/mol. The van der Waals surface area contributed by atoms with Gasteiger partial charge in [-0.05, 0) is 160 Å². The minimum Gasteiger partial charge on any atom is -0.481 e. The number of aromatic nitrogens is 4. The van der Waals surface area contributed by atoms with Gasteiger partial charge in [0.15, 0.2) is 23.3 Å². The van der Waals surface area contributed by atoms with E-state index >= 15 is 17.6 Å². The minimum atomic E-state index is -0.969. The van der Waals surface area contributed by atoms with Gasteiger partial charge in [0.2, 0.25) is 0 Å². The van der Waals surface area contributed by atoms with Gasteiger partial charge in [0.25, 0.3) is 0 Å². The third-order valence-corrected chi connectivity index (χ3v) is 30.7. The average Bonchev–Trinajstić information content (AvgIpc) is 1.56. The van der Waals surface area contributed by atoms with Crippen LogP contribution in [0.25, 0.3) is 72.9 Å². The molecule has 8 heterocycles. The smallest absolute Gasteiger partial charge is 0.170 e. The van der Waals surface area contributed by atoms with Crippen LogP contribution in [-0.2, 0) is 11.2 Å². The van der Waals surface area contributed by atoms with Crippen LogP contribution in [0, 0.1) is 108 Å². The van der Waals surface area contributed by atoms with Crippen LogP contribution < -0.4 is 9.47 Å². The van der Waals surface area contributed by atoms with Crippen LogP contribution in [0.5, 0.6) is 11.5 Å². The number of rotatable bonds is 47. The zero-order valence-electron chi connectivity index (χ0n) is 69.4. The van der Waals surface area contributed by atoms with Crippen molar-refractivity contribution in [3.05, 3.63) is 69.1 Å². The summed E-state index contributed by atoms with van der Waals surface area (Å²) in [6, 6.07) is 8.34. The zero-order valence-corrected chi connectivity index (χ0v) is 74.3. The van der Waals surface area contributed by atoms with E-state index in [1.54, 1.807) is 29.6 Å². The third kappa shape index (κ3) is 22.0. The van der Waals surface area contributed by atoms with Gasteiger partial charge in [-0.3, -0.25) is 0 Å². The highest BCUT2D eigenvalue weighted by molar-refractivity contribution is 7.26. The lowest BCUT2D eigenvalue weighted by atomic mass is 9.78. The maximum Gasteiger partial charge on any atom is 0.170 e. The van der Waals surface area contributed by atoms with Crippen molar-refractivity contribution in [2.45, 2.75) is 341 Å². The average molecular weight is 1600 g/mol. The number of halogens is 4. The van der Waals surface area contributed by atoms with Crippen LogP contribution in [0.15, 0.2) is 24.3 Å². The highest BCUT2D eigenvalue weighted by atomic mass is 32.1. The van der Waals surface area contributed by atoms with Crippen molar-refractivity contribution in [3.63, 3.8) is 0 Å². The summed E-state index contributed by atoms with van der Waals surface area (Å²) < 4.78 is 104. The predicted octanol–water partition coefficient (Wildman–Crippen LogP) is 32.8. The van der Waals surface area contributed by atoms with Gasteiger partial charge >= 0.3 is 0 Å². The number of nitrogens with zero attached hydrogens (tertiary/aromatic N) is 4. The summed E-state index contributed by atoms with van der Waals surface area (Å²) in [7, 11) is 0. The van der Waals surface area contributed by atoms with E-state index in [1.165, 1.54) is 151 Å². The van der Waals surface area contributed by atoms with E-state index in [-0.39, 0.29) is 22.3 Å². The molecule has 0 N–H and O–H groups in total. The lowest BCUT2D eigenvalue weighted by Crippen LogP contribution is -2.36. The van der Waals surface area contributed by atoms with Crippen molar-refractivity contribution in [1.29, 1.82) is 0 Å². The Kier molecular flexibility index (Phi) is 32.1. The van der Waals surface area contributed by atoms with Crippen molar-refractivity contribution in [2.24, 2.45) is 71.0 Å². The lowest BCUT2D eigenvalue weighted by molar-refractivity contribution is 0.0322. The molecule has 0 aliphatic carbocycles. The van der Waals surface area contributed by atoms with Crippen LogP contribution in [0.3, 0.4) is 0 Å². The van der Waals surface area contributed by atoms with Crippen molar-refractivity contribution < 1.29 is 27.0 Å². The van der Waals surface area contributed by atoms with Crippen LogP contribution in [-0.4, -0.2) is 17.5 Å². The molecule has 0 saturated heterocycles. The number of fused-ring (bicyclic) bond motifs is 8. The fourth-order valence-electron chi connectivity index (χ4n) is 17.6. The van der Waals surface area contributed by atoms with Crippen molar-refractivity contribution in [1.82, 2.24) is 17.5 Å². The first-order chi connectivity index (χ1) is 51.5. The molecule has 0 amide bonds. The van der Waals surface area contributed by atoms with E-state index in [0.717, 1.165) is 153 Å². The number of hydrogen-bond donors (Lipinski definition) is 0. The first kappa shape index (κ1) is 86.6. The minimum absolute atomic E-state index is 0.0620. The molecule has 8 unspecified atom stereocenters. The molecule has 0 radical (unpaired) electrons. The fraction of sp³-hybridized carbons (Fsp3) is 0.696. The van der Waals surface area contributed by atoms with Gasteiger partial charge in [0, 0.05) is 36.2 Å². The molecule has 6 aromatic heterocycles. The second-order valence-electron chi connectivity index (χ2n) is 36.7. The Bertz CT molecular complexity index is 4060. The summed E-state index contributed by atoms with van der Waals surface area (Å²) in [6.45, 7) is 41.6. The van der Waals surface area contributed by atoms with Crippen LogP contribution >= 0.6 is 68.8 Å². The normalized spacial score (nSPS) is 18.1. The van der Waals surface area contributed by atoms with Gasteiger partial charge in [-0.2, -0.15) is 17.5 Å². The molecule has 8 aromatic rings. The Morgan fingerprint density at radius 3 is 0.898 bits per heavy atom. The molecular formula is C92H134F4N4O2S6. The van der Waals surface area contributed by atoms with Crippen LogP contribution in [0.1, 0.15) is 338 Å². The largest absolute Gasteiger partial charge is 0.481 e. The van der Waals surface area contributed by atoms with Gasteiger partial charge in [0.1, 0.15) is 44.8 Å². The number of hydrogen-bond acceptors (Lipinski definition) is 12. The van der Waals surface area contributed by atoms with Crippen LogP contribution in [0.2, 0.25) is 0 Å². The Balaban J connectivity index is 1.03. The Morgan fingerprint density at radius 2 is 0.565 bits per heavy atom. The highest BCUT2D eigenvalue weighted by Gasteiger charge is 2.47. The van der Waals surface area contributed by atoms with E-state index in [9.17, 15) is 0 Å². The second kappa shape index (κ2) is 40.0. The van der Waals surface area contributed by atoms with Gasteiger partial charge in [-0.1, -0.05) is 265 Å². The van der Waals surface area contributed by atoms with Gasteiger partial charge < -0.3 is 9.47 Å². The molecule has 8 atom stereocenters. The summed E-state index contributed by atoms with van der Waals surface area (Å²) >= 11 is 7.97. The standard InChI is InChI=1S/C92H134F4N4O2S6/c1-55(2)27-19-31-59(9)35-23-39-63(13)43-47-91(48-44-64(14)40-24-36-60(10)32-20-28-56(3)4)69-52-73(104-87(69)89-71(101-91)51-67(17)103-89)76-81(95)82(96)77(86-85(76)99-108-100-86)74-53-70-88(105-74)90-72(54-75(106-90)78-80(94)79(93)68(18)83-84(78)98-107-97-83)102-92(70,49-45-65(15)41-25-37-61(11)33-21-29-57(5)6)50-46-66(16)42-26-38-62(12)34-22-30-58(7)8/h51-66H,19-50H2,1-18H3. The van der Waals surface area contributed by atoms with E-state index in [1.807, 2.05) is 6.07 Å². The van der Waals surface area contributed by atoms with E-state index in [4.69, 9.17) is 18.2 Å². The molecule has 2 aromatic carbocycles.